The molecule has 0 saturated heterocycles. The van der Waals surface area contributed by atoms with E-state index in [1.807, 2.05) is 6.07 Å². The van der Waals surface area contributed by atoms with Gasteiger partial charge >= 0.3 is 67.5 Å². The van der Waals surface area contributed by atoms with Gasteiger partial charge in [-0.25, -0.2) is 0 Å². The van der Waals surface area contributed by atoms with Crippen LogP contribution in [-0.2, 0) is 13.8 Å². The summed E-state index contributed by atoms with van der Waals surface area (Å²) in [5, 5.41) is 15.9. The summed E-state index contributed by atoms with van der Waals surface area (Å²) in [6.07, 6.45) is 0. The first-order valence-corrected chi connectivity index (χ1v) is 13.5. The fourth-order valence-electron chi connectivity index (χ4n) is 2.74. The van der Waals surface area contributed by atoms with Gasteiger partial charge in [-0.05, 0) is 11.5 Å². The van der Waals surface area contributed by atoms with Crippen LogP contribution >= 0.6 is 0 Å². The quantitative estimate of drug-likeness (QED) is 0.183. The summed E-state index contributed by atoms with van der Waals surface area (Å²) < 4.78 is 32.2. The van der Waals surface area contributed by atoms with Crippen LogP contribution in [-0.4, -0.2) is 85.3 Å². The summed E-state index contributed by atoms with van der Waals surface area (Å²) in [6, 6.07) is 22.4. The molecule has 0 bridgehead atoms. The van der Waals surface area contributed by atoms with Crippen molar-refractivity contribution in [2.75, 3.05) is 39.3 Å². The second-order valence-corrected chi connectivity index (χ2v) is 8.90. The minimum absolute atomic E-state index is 0.0457. The first kappa shape index (κ1) is 28.7. The zero-order valence-electron chi connectivity index (χ0n) is 18.6. The number of benzene rings is 3. The van der Waals surface area contributed by atoms with Crippen LogP contribution in [0.4, 0.5) is 0 Å². The topological polar surface area (TPSA) is 125 Å². The van der Waals surface area contributed by atoms with Crippen molar-refractivity contribution in [2.24, 2.45) is 5.73 Å². The van der Waals surface area contributed by atoms with Crippen molar-refractivity contribution in [3.63, 3.8) is 0 Å². The van der Waals surface area contributed by atoms with Crippen LogP contribution in [0.25, 0.3) is 10.8 Å². The average molecular weight is 470 g/mol. The van der Waals surface area contributed by atoms with Crippen molar-refractivity contribution < 1.29 is 18.1 Å². The molecule has 32 heavy (non-hydrogen) atoms. The Bertz CT molecular complexity index is 975. The van der Waals surface area contributed by atoms with Gasteiger partial charge in [-0.15, -0.1) is 0 Å². The SMILES string of the molecule is NCCNCCNCCO.O=S(=O)(O)c1cccc2ccccc12.[Na][CH2]c1ccccc1. The Morgan fingerprint density at radius 3 is 1.97 bits per heavy atom. The van der Waals surface area contributed by atoms with Crippen molar-refractivity contribution in [1.82, 2.24) is 10.6 Å². The van der Waals surface area contributed by atoms with Crippen molar-refractivity contribution >= 4 is 48.8 Å². The third-order valence-electron chi connectivity index (χ3n) is 4.37. The van der Waals surface area contributed by atoms with E-state index in [4.69, 9.17) is 15.4 Å². The van der Waals surface area contributed by atoms with Crippen molar-refractivity contribution in [3.8, 4) is 0 Å². The number of nitrogens with two attached hydrogens (primary N) is 1. The Balaban J connectivity index is 0.000000252. The molecule has 0 unspecified atom stereocenters. The van der Waals surface area contributed by atoms with Crippen molar-refractivity contribution in [3.05, 3.63) is 78.4 Å². The van der Waals surface area contributed by atoms with Crippen LogP contribution in [0, 0.1) is 0 Å². The molecular formula is C23H32N3NaO4S. The van der Waals surface area contributed by atoms with Crippen LogP contribution in [0.2, 0.25) is 0 Å². The maximum absolute atomic E-state index is 11.0. The standard InChI is InChI=1S/C10H8O3S.C7H7.C6H17N3O.Na/c11-14(12,13)10-7-3-5-8-4-1-2-6-9(8)10;1-7-5-3-2-4-6-7;7-1-2-8-3-4-9-5-6-10;/h1-7H,(H,11,12,13);2-6H,1H2;8-10H,1-7H2;. The van der Waals surface area contributed by atoms with E-state index in [1.54, 1.807) is 30.3 Å². The molecule has 0 aliphatic rings. The maximum atomic E-state index is 11.0. The van der Waals surface area contributed by atoms with E-state index < -0.39 is 10.1 Å². The van der Waals surface area contributed by atoms with E-state index in [0.29, 0.717) is 18.5 Å². The molecule has 3 aromatic rings. The molecule has 0 aliphatic carbocycles. The van der Waals surface area contributed by atoms with Gasteiger partial charge in [-0.1, -0.05) is 36.4 Å². The molecule has 7 nitrogen and oxygen atoms in total. The summed E-state index contributed by atoms with van der Waals surface area (Å²) in [5.41, 5.74) is 6.72. The third kappa shape index (κ3) is 12.1. The van der Waals surface area contributed by atoms with Crippen LogP contribution < -0.4 is 16.4 Å². The Hall–Kier alpha value is -1.33. The van der Waals surface area contributed by atoms with E-state index in [9.17, 15) is 8.42 Å². The average Bonchev–Trinajstić information content (AvgIpc) is 2.82. The van der Waals surface area contributed by atoms with E-state index >= 15 is 0 Å². The number of hydrogen-bond donors (Lipinski definition) is 5. The van der Waals surface area contributed by atoms with Crippen LogP contribution in [0.15, 0.2) is 77.7 Å². The molecule has 0 aliphatic heterocycles. The molecule has 0 saturated carbocycles. The number of hydrogen-bond acceptors (Lipinski definition) is 6. The Labute approximate surface area is 208 Å². The zero-order chi connectivity index (χ0) is 23.7. The minimum atomic E-state index is -4.13. The summed E-state index contributed by atoms with van der Waals surface area (Å²) in [4.78, 5) is -0.0457. The molecule has 9 heteroatoms. The number of fused-ring (bicyclic) bond motifs is 1. The molecule has 0 spiro atoms. The van der Waals surface area contributed by atoms with Gasteiger partial charge < -0.3 is 21.5 Å². The fraction of sp³-hybridized carbons (Fsp3) is 0.304. The zero-order valence-corrected chi connectivity index (χ0v) is 21.4. The molecule has 3 rings (SSSR count). The molecule has 170 valence electrons. The number of aliphatic hydroxyl groups excluding tert-OH is 1. The molecule has 0 radical (unpaired) electrons. The van der Waals surface area contributed by atoms with Gasteiger partial charge in [0.2, 0.25) is 0 Å². The summed E-state index contributed by atoms with van der Waals surface area (Å²) in [5.74, 6) is 0. The van der Waals surface area contributed by atoms with Gasteiger partial charge in [-0.2, -0.15) is 8.42 Å². The van der Waals surface area contributed by atoms with Gasteiger partial charge in [0.25, 0.3) is 10.1 Å². The van der Waals surface area contributed by atoms with E-state index in [-0.39, 0.29) is 11.5 Å². The molecule has 0 amide bonds. The molecule has 3 aromatic carbocycles. The molecular weight excluding hydrogens is 437 g/mol. The second-order valence-electron chi connectivity index (χ2n) is 6.80. The van der Waals surface area contributed by atoms with Gasteiger partial charge in [-0.3, -0.25) is 4.55 Å². The van der Waals surface area contributed by atoms with E-state index in [2.05, 4.69) is 41.0 Å². The normalized spacial score (nSPS) is 10.7. The van der Waals surface area contributed by atoms with Crippen molar-refractivity contribution in [2.45, 2.75) is 8.57 Å². The summed E-state index contributed by atoms with van der Waals surface area (Å²) in [7, 11) is -4.13. The Kier molecular flexibility index (Phi) is 15.4. The first-order chi connectivity index (χ1) is 15.4. The molecule has 0 aromatic heterocycles. The monoisotopic (exact) mass is 469 g/mol. The van der Waals surface area contributed by atoms with Gasteiger partial charge in [0, 0.05) is 38.1 Å². The first-order valence-electron chi connectivity index (χ1n) is 10.7. The van der Waals surface area contributed by atoms with Crippen LogP contribution in [0.1, 0.15) is 5.56 Å². The molecule has 6 N–H and O–H groups in total. The van der Waals surface area contributed by atoms with Gasteiger partial charge in [0.15, 0.2) is 0 Å². The summed E-state index contributed by atoms with van der Waals surface area (Å²) in [6.45, 7) is 4.22. The van der Waals surface area contributed by atoms with E-state index in [0.717, 1.165) is 25.0 Å². The Morgan fingerprint density at radius 1 is 0.812 bits per heavy atom. The Morgan fingerprint density at radius 2 is 1.41 bits per heavy atom. The van der Waals surface area contributed by atoms with Crippen LogP contribution in [0.5, 0.6) is 0 Å². The van der Waals surface area contributed by atoms with Gasteiger partial charge in [0.05, 0.1) is 6.61 Å². The summed E-state index contributed by atoms with van der Waals surface area (Å²) >= 11 is 1.28. The van der Waals surface area contributed by atoms with Crippen LogP contribution in [0.3, 0.4) is 0 Å². The fourth-order valence-corrected chi connectivity index (χ4v) is 3.93. The molecule has 0 atom stereocenters. The molecule has 0 fully saturated rings. The molecule has 0 heterocycles. The number of nitrogens with one attached hydrogen (secondary N) is 2. The van der Waals surface area contributed by atoms with Gasteiger partial charge in [0.1, 0.15) is 4.90 Å². The second kappa shape index (κ2) is 17.2. The third-order valence-corrected chi connectivity index (χ3v) is 6.10. The number of aliphatic hydroxyl groups is 1. The predicted molar refractivity (Wildman–Crippen MR) is 132 cm³/mol. The predicted octanol–water partition coefficient (Wildman–Crippen LogP) is 1.56. The van der Waals surface area contributed by atoms with Crippen molar-refractivity contribution in [1.29, 1.82) is 0 Å². The van der Waals surface area contributed by atoms with E-state index in [1.165, 1.54) is 43.2 Å². The number of rotatable bonds is 9.